The van der Waals surface area contributed by atoms with Crippen LogP contribution >= 0.6 is 11.8 Å². The minimum absolute atomic E-state index is 0.897. The topological polar surface area (TPSA) is 24.9 Å². The van der Waals surface area contributed by atoms with E-state index in [-0.39, 0.29) is 0 Å². The predicted octanol–water partition coefficient (Wildman–Crippen LogP) is 3.39. The summed E-state index contributed by atoms with van der Waals surface area (Å²) < 4.78 is 0. The molecule has 2 nitrogen and oxygen atoms in total. The quantitative estimate of drug-likeness (QED) is 0.582. The summed E-state index contributed by atoms with van der Waals surface area (Å²) in [4.78, 5) is 4.52. The van der Waals surface area contributed by atoms with Gasteiger partial charge < -0.3 is 5.32 Å². The Balaban J connectivity index is 2.47. The van der Waals surface area contributed by atoms with Crippen molar-refractivity contribution in [2.45, 2.75) is 44.7 Å². The highest BCUT2D eigenvalue weighted by atomic mass is 32.2. The standard InChI is InChI=1S/C13H22N2S/c1-4-5-6-7-16-13-11(2)8-12(9-14-3)10-15-13/h8,10,14H,4-7,9H2,1-3H3. The largest absolute Gasteiger partial charge is 0.316 e. The molecule has 1 rings (SSSR count). The van der Waals surface area contributed by atoms with Crippen LogP contribution in [0.15, 0.2) is 17.3 Å². The normalized spacial score (nSPS) is 10.7. The van der Waals surface area contributed by atoms with Crippen molar-refractivity contribution in [3.8, 4) is 0 Å². The molecule has 0 aliphatic heterocycles. The molecule has 0 amide bonds. The lowest BCUT2D eigenvalue weighted by molar-refractivity contribution is 0.777. The van der Waals surface area contributed by atoms with E-state index in [1.165, 1.54) is 41.2 Å². The molecule has 3 heteroatoms. The molecule has 0 saturated carbocycles. The molecule has 1 N–H and O–H groups in total. The Labute approximate surface area is 103 Å². The lowest BCUT2D eigenvalue weighted by atomic mass is 10.2. The summed E-state index contributed by atoms with van der Waals surface area (Å²) in [5.41, 5.74) is 2.56. The Morgan fingerprint density at radius 1 is 1.38 bits per heavy atom. The SMILES string of the molecule is CCCCCSc1ncc(CNC)cc1C. The first-order chi connectivity index (χ1) is 7.77. The molecule has 0 atom stereocenters. The maximum Gasteiger partial charge on any atom is 0.0989 e. The summed E-state index contributed by atoms with van der Waals surface area (Å²) in [6.07, 6.45) is 5.88. The van der Waals surface area contributed by atoms with Crippen LogP contribution in [0.4, 0.5) is 0 Å². The minimum Gasteiger partial charge on any atom is -0.316 e. The highest BCUT2D eigenvalue weighted by molar-refractivity contribution is 7.99. The summed E-state index contributed by atoms with van der Waals surface area (Å²) >= 11 is 1.88. The lowest BCUT2D eigenvalue weighted by Gasteiger charge is -2.06. The zero-order valence-electron chi connectivity index (χ0n) is 10.5. The summed E-state index contributed by atoms with van der Waals surface area (Å²) in [6.45, 7) is 5.28. The molecule has 90 valence electrons. The van der Waals surface area contributed by atoms with E-state index >= 15 is 0 Å². The van der Waals surface area contributed by atoms with Crippen LogP contribution < -0.4 is 5.32 Å². The van der Waals surface area contributed by atoms with Crippen LogP contribution in [-0.2, 0) is 6.54 Å². The lowest BCUT2D eigenvalue weighted by Crippen LogP contribution is -2.05. The number of hydrogen-bond acceptors (Lipinski definition) is 3. The smallest absolute Gasteiger partial charge is 0.0989 e. The number of thioether (sulfide) groups is 1. The maximum atomic E-state index is 4.52. The number of aromatic nitrogens is 1. The molecule has 0 aliphatic rings. The van der Waals surface area contributed by atoms with Crippen molar-refractivity contribution in [1.29, 1.82) is 0 Å². The Morgan fingerprint density at radius 2 is 2.19 bits per heavy atom. The van der Waals surface area contributed by atoms with Gasteiger partial charge in [-0.25, -0.2) is 4.98 Å². The van der Waals surface area contributed by atoms with Crippen LogP contribution in [-0.4, -0.2) is 17.8 Å². The van der Waals surface area contributed by atoms with Crippen molar-refractivity contribution < 1.29 is 0 Å². The van der Waals surface area contributed by atoms with Gasteiger partial charge in [-0.05, 0) is 37.3 Å². The fraction of sp³-hybridized carbons (Fsp3) is 0.615. The monoisotopic (exact) mass is 238 g/mol. The van der Waals surface area contributed by atoms with Gasteiger partial charge >= 0.3 is 0 Å². The van der Waals surface area contributed by atoms with Crippen molar-refractivity contribution >= 4 is 11.8 Å². The van der Waals surface area contributed by atoms with Gasteiger partial charge in [0.05, 0.1) is 5.03 Å². The molecule has 1 aromatic heterocycles. The van der Waals surface area contributed by atoms with Crippen LogP contribution in [0.1, 0.15) is 37.3 Å². The third kappa shape index (κ3) is 4.54. The van der Waals surface area contributed by atoms with E-state index in [1.807, 2.05) is 25.0 Å². The van der Waals surface area contributed by atoms with E-state index in [9.17, 15) is 0 Å². The number of unbranched alkanes of at least 4 members (excludes halogenated alkanes) is 2. The average molecular weight is 238 g/mol. The average Bonchev–Trinajstić information content (AvgIpc) is 2.27. The van der Waals surface area contributed by atoms with E-state index in [4.69, 9.17) is 0 Å². The van der Waals surface area contributed by atoms with Crippen LogP contribution in [0.25, 0.3) is 0 Å². The fourth-order valence-electron chi connectivity index (χ4n) is 1.59. The fourth-order valence-corrected chi connectivity index (χ4v) is 2.55. The third-order valence-electron chi connectivity index (χ3n) is 2.45. The zero-order valence-corrected chi connectivity index (χ0v) is 11.4. The van der Waals surface area contributed by atoms with Gasteiger partial charge in [0.2, 0.25) is 0 Å². The molecule has 0 saturated heterocycles. The Morgan fingerprint density at radius 3 is 2.81 bits per heavy atom. The molecule has 16 heavy (non-hydrogen) atoms. The second-order valence-corrected chi connectivity index (χ2v) is 5.14. The van der Waals surface area contributed by atoms with Crippen LogP contribution in [0.3, 0.4) is 0 Å². The highest BCUT2D eigenvalue weighted by Crippen LogP contribution is 2.21. The number of nitrogens with zero attached hydrogens (tertiary/aromatic N) is 1. The molecular formula is C13H22N2S. The van der Waals surface area contributed by atoms with Gasteiger partial charge in [-0.1, -0.05) is 25.8 Å². The van der Waals surface area contributed by atoms with Crippen molar-refractivity contribution in [1.82, 2.24) is 10.3 Å². The molecule has 0 fully saturated rings. The van der Waals surface area contributed by atoms with Crippen LogP contribution in [0.2, 0.25) is 0 Å². The molecule has 0 unspecified atom stereocenters. The molecule has 0 radical (unpaired) electrons. The maximum absolute atomic E-state index is 4.52. The van der Waals surface area contributed by atoms with Crippen molar-refractivity contribution in [3.05, 3.63) is 23.4 Å². The van der Waals surface area contributed by atoms with E-state index in [0.29, 0.717) is 0 Å². The van der Waals surface area contributed by atoms with Crippen molar-refractivity contribution in [2.24, 2.45) is 0 Å². The summed E-state index contributed by atoms with van der Waals surface area (Å²) in [7, 11) is 1.96. The number of hydrogen-bond donors (Lipinski definition) is 1. The van der Waals surface area contributed by atoms with E-state index in [1.54, 1.807) is 0 Å². The van der Waals surface area contributed by atoms with Gasteiger partial charge in [0, 0.05) is 12.7 Å². The molecule has 0 spiro atoms. The molecule has 1 heterocycles. The first-order valence-electron chi connectivity index (χ1n) is 6.00. The summed E-state index contributed by atoms with van der Waals surface area (Å²) in [5.74, 6) is 1.19. The van der Waals surface area contributed by atoms with Gasteiger partial charge in [-0.2, -0.15) is 0 Å². The van der Waals surface area contributed by atoms with Crippen molar-refractivity contribution in [2.75, 3.05) is 12.8 Å². The number of aryl methyl sites for hydroxylation is 1. The molecular weight excluding hydrogens is 216 g/mol. The molecule has 1 aromatic rings. The Hall–Kier alpha value is -0.540. The molecule has 0 bridgehead atoms. The second kappa shape index (κ2) is 7.69. The molecule has 0 aliphatic carbocycles. The minimum atomic E-state index is 0.897. The van der Waals surface area contributed by atoms with Gasteiger partial charge in [0.15, 0.2) is 0 Å². The van der Waals surface area contributed by atoms with E-state index in [2.05, 4.69) is 30.2 Å². The van der Waals surface area contributed by atoms with Gasteiger partial charge in [-0.15, -0.1) is 11.8 Å². The van der Waals surface area contributed by atoms with Crippen molar-refractivity contribution in [3.63, 3.8) is 0 Å². The first-order valence-corrected chi connectivity index (χ1v) is 6.99. The van der Waals surface area contributed by atoms with E-state index < -0.39 is 0 Å². The van der Waals surface area contributed by atoms with Crippen LogP contribution in [0.5, 0.6) is 0 Å². The number of nitrogens with one attached hydrogen (secondary N) is 1. The Kier molecular flexibility index (Phi) is 6.50. The Bertz CT molecular complexity index is 313. The third-order valence-corrected chi connectivity index (χ3v) is 3.65. The molecule has 0 aromatic carbocycles. The highest BCUT2D eigenvalue weighted by Gasteiger charge is 2.02. The first kappa shape index (κ1) is 13.5. The summed E-state index contributed by atoms with van der Waals surface area (Å²) in [5, 5.41) is 4.33. The number of rotatable bonds is 7. The summed E-state index contributed by atoms with van der Waals surface area (Å²) in [6, 6.07) is 2.23. The van der Waals surface area contributed by atoms with Gasteiger partial charge in [0.1, 0.15) is 0 Å². The van der Waals surface area contributed by atoms with Crippen LogP contribution in [0, 0.1) is 6.92 Å². The zero-order chi connectivity index (χ0) is 11.8. The van der Waals surface area contributed by atoms with Gasteiger partial charge in [0.25, 0.3) is 0 Å². The number of pyridine rings is 1. The second-order valence-electron chi connectivity index (χ2n) is 4.05. The predicted molar refractivity (Wildman–Crippen MR) is 72.0 cm³/mol. The van der Waals surface area contributed by atoms with Gasteiger partial charge in [-0.3, -0.25) is 0 Å². The van der Waals surface area contributed by atoms with E-state index in [0.717, 1.165) is 6.54 Å².